The summed E-state index contributed by atoms with van der Waals surface area (Å²) in [5.41, 5.74) is 2.00. The van der Waals surface area contributed by atoms with Crippen molar-refractivity contribution in [3.63, 3.8) is 0 Å². The third kappa shape index (κ3) is 1.71. The molecule has 0 amide bonds. The van der Waals surface area contributed by atoms with Crippen LogP contribution in [0, 0.1) is 13.8 Å². The topological polar surface area (TPSA) is 22.1 Å². The Morgan fingerprint density at radius 2 is 2.09 bits per heavy atom. The number of hydrogen-bond acceptors (Lipinski definition) is 2. The minimum absolute atomic E-state index is 0.700. The highest BCUT2D eigenvalue weighted by Gasteiger charge is 2.02. The van der Waals surface area contributed by atoms with Crippen molar-refractivity contribution in [1.29, 1.82) is 0 Å². The van der Waals surface area contributed by atoms with Gasteiger partial charge in [0.15, 0.2) is 0 Å². The number of hydrogen-bond donors (Lipinski definition) is 0. The van der Waals surface area contributed by atoms with Crippen LogP contribution in [-0.4, -0.2) is 12.1 Å². The van der Waals surface area contributed by atoms with Gasteiger partial charge < -0.3 is 4.74 Å². The molecule has 3 heteroatoms. The minimum Gasteiger partial charge on any atom is -0.481 e. The second-order valence-corrected chi connectivity index (χ2v) is 3.24. The lowest BCUT2D eigenvalue weighted by Crippen LogP contribution is -1.93. The summed E-state index contributed by atoms with van der Waals surface area (Å²) in [5, 5.41) is 0. The lowest BCUT2D eigenvalue weighted by atomic mass is 10.3. The average Bonchev–Trinajstić information content (AvgIpc) is 1.97. The van der Waals surface area contributed by atoms with Crippen LogP contribution in [0.3, 0.4) is 0 Å². The van der Waals surface area contributed by atoms with Crippen LogP contribution in [0.1, 0.15) is 11.3 Å². The molecule has 0 aromatic carbocycles. The molecule has 0 N–H and O–H groups in total. The van der Waals surface area contributed by atoms with Gasteiger partial charge in [-0.1, -0.05) is 0 Å². The van der Waals surface area contributed by atoms with Gasteiger partial charge in [-0.25, -0.2) is 4.98 Å². The fourth-order valence-electron chi connectivity index (χ4n) is 0.857. The number of nitrogens with zero attached hydrogens (tertiary/aromatic N) is 1. The molecule has 2 nitrogen and oxygen atoms in total. The third-order valence-corrected chi connectivity index (χ3v) is 2.29. The minimum atomic E-state index is 0.700. The van der Waals surface area contributed by atoms with Gasteiger partial charge in [-0.2, -0.15) is 0 Å². The number of rotatable bonds is 1. The first-order valence-electron chi connectivity index (χ1n) is 3.33. The maximum absolute atomic E-state index is 5.05. The Bertz CT molecular complexity index is 273. The van der Waals surface area contributed by atoms with Crippen LogP contribution in [0.15, 0.2) is 10.5 Å². The van der Waals surface area contributed by atoms with E-state index in [1.807, 2.05) is 19.9 Å². The fraction of sp³-hybridized carbons (Fsp3) is 0.375. The Labute approximate surface area is 74.7 Å². The monoisotopic (exact) mass is 215 g/mol. The Hall–Kier alpha value is -0.570. The fourth-order valence-corrected chi connectivity index (χ4v) is 1.29. The molecule has 0 saturated heterocycles. The molecule has 0 atom stereocenters. The average molecular weight is 216 g/mol. The molecule has 1 aromatic rings. The molecule has 0 fully saturated rings. The summed E-state index contributed by atoms with van der Waals surface area (Å²) in [6.45, 7) is 3.90. The van der Waals surface area contributed by atoms with Gasteiger partial charge in [-0.3, -0.25) is 0 Å². The highest BCUT2D eigenvalue weighted by molar-refractivity contribution is 9.10. The summed E-state index contributed by atoms with van der Waals surface area (Å²) < 4.78 is 6.07. The summed E-state index contributed by atoms with van der Waals surface area (Å²) in [6, 6.07) is 2.00. The van der Waals surface area contributed by atoms with Crippen molar-refractivity contribution in [3.8, 4) is 5.88 Å². The maximum atomic E-state index is 5.05. The lowest BCUT2D eigenvalue weighted by Gasteiger charge is -2.05. The van der Waals surface area contributed by atoms with Gasteiger partial charge >= 0.3 is 0 Å². The molecular weight excluding hydrogens is 206 g/mol. The third-order valence-electron chi connectivity index (χ3n) is 1.49. The van der Waals surface area contributed by atoms with E-state index >= 15 is 0 Å². The lowest BCUT2D eigenvalue weighted by molar-refractivity contribution is 0.393. The molecule has 0 aliphatic carbocycles. The number of aromatic nitrogens is 1. The summed E-state index contributed by atoms with van der Waals surface area (Å²) in [4.78, 5) is 4.22. The second kappa shape index (κ2) is 3.22. The van der Waals surface area contributed by atoms with Gasteiger partial charge in [0.25, 0.3) is 0 Å². The van der Waals surface area contributed by atoms with Crippen LogP contribution in [0.5, 0.6) is 5.88 Å². The highest BCUT2D eigenvalue weighted by Crippen LogP contribution is 2.21. The van der Waals surface area contributed by atoms with Gasteiger partial charge in [0.1, 0.15) is 0 Å². The summed E-state index contributed by atoms with van der Waals surface area (Å²) in [5.74, 6) is 0.700. The predicted octanol–water partition coefficient (Wildman–Crippen LogP) is 2.47. The quantitative estimate of drug-likeness (QED) is 0.719. The Morgan fingerprint density at radius 1 is 1.45 bits per heavy atom. The van der Waals surface area contributed by atoms with E-state index in [4.69, 9.17) is 4.74 Å². The summed E-state index contributed by atoms with van der Waals surface area (Å²) in [7, 11) is 1.63. The molecule has 0 saturated carbocycles. The van der Waals surface area contributed by atoms with Crippen LogP contribution in [0.25, 0.3) is 0 Å². The van der Waals surface area contributed by atoms with E-state index < -0.39 is 0 Å². The Kier molecular flexibility index (Phi) is 2.49. The van der Waals surface area contributed by atoms with Crippen molar-refractivity contribution < 1.29 is 4.74 Å². The smallest absolute Gasteiger partial charge is 0.216 e. The number of pyridine rings is 1. The van der Waals surface area contributed by atoms with Crippen molar-refractivity contribution in [2.24, 2.45) is 0 Å². The standard InChI is InChI=1S/C8H10BrNO/c1-5-4-7(9)6(2)10-8(5)11-3/h4H,1-3H3. The molecule has 0 radical (unpaired) electrons. The first-order chi connectivity index (χ1) is 5.15. The molecule has 0 aliphatic rings. The van der Waals surface area contributed by atoms with Crippen molar-refractivity contribution in [2.45, 2.75) is 13.8 Å². The largest absolute Gasteiger partial charge is 0.481 e. The van der Waals surface area contributed by atoms with Crippen LogP contribution >= 0.6 is 15.9 Å². The second-order valence-electron chi connectivity index (χ2n) is 2.38. The van der Waals surface area contributed by atoms with Crippen molar-refractivity contribution >= 4 is 15.9 Å². The molecule has 1 aromatic heterocycles. The van der Waals surface area contributed by atoms with Gasteiger partial charge in [-0.15, -0.1) is 0 Å². The van der Waals surface area contributed by atoms with Crippen LogP contribution in [0.4, 0.5) is 0 Å². The Balaban J connectivity index is 3.21. The molecule has 11 heavy (non-hydrogen) atoms. The van der Waals surface area contributed by atoms with Crippen molar-refractivity contribution in [3.05, 3.63) is 21.8 Å². The van der Waals surface area contributed by atoms with Gasteiger partial charge in [-0.05, 0) is 35.8 Å². The van der Waals surface area contributed by atoms with Crippen LogP contribution in [-0.2, 0) is 0 Å². The highest BCUT2D eigenvalue weighted by atomic mass is 79.9. The van der Waals surface area contributed by atoms with Gasteiger partial charge in [0.05, 0.1) is 12.8 Å². The van der Waals surface area contributed by atoms with Crippen LogP contribution < -0.4 is 4.74 Å². The molecule has 0 spiro atoms. The van der Waals surface area contributed by atoms with Crippen molar-refractivity contribution in [2.75, 3.05) is 7.11 Å². The molecular formula is C8H10BrNO. The molecule has 60 valence electrons. The molecule has 0 unspecified atom stereocenters. The number of methoxy groups -OCH3 is 1. The maximum Gasteiger partial charge on any atom is 0.216 e. The normalized spacial score (nSPS) is 9.82. The number of ether oxygens (including phenoxy) is 1. The SMILES string of the molecule is COc1nc(C)c(Br)cc1C. The molecule has 1 heterocycles. The first kappa shape index (κ1) is 8.53. The van der Waals surface area contributed by atoms with Crippen molar-refractivity contribution in [1.82, 2.24) is 4.98 Å². The molecule has 0 aliphatic heterocycles. The van der Waals surface area contributed by atoms with E-state index in [-0.39, 0.29) is 0 Å². The van der Waals surface area contributed by atoms with E-state index in [1.165, 1.54) is 0 Å². The van der Waals surface area contributed by atoms with E-state index in [2.05, 4.69) is 20.9 Å². The molecule has 1 rings (SSSR count). The summed E-state index contributed by atoms with van der Waals surface area (Å²) >= 11 is 3.39. The number of aryl methyl sites for hydroxylation is 2. The predicted molar refractivity (Wildman–Crippen MR) is 48.0 cm³/mol. The van der Waals surface area contributed by atoms with Crippen LogP contribution in [0.2, 0.25) is 0 Å². The van der Waals surface area contributed by atoms with E-state index in [0.717, 1.165) is 15.7 Å². The zero-order chi connectivity index (χ0) is 8.43. The number of halogens is 1. The van der Waals surface area contributed by atoms with E-state index in [9.17, 15) is 0 Å². The van der Waals surface area contributed by atoms with E-state index in [0.29, 0.717) is 5.88 Å². The first-order valence-corrected chi connectivity index (χ1v) is 4.12. The zero-order valence-electron chi connectivity index (χ0n) is 6.81. The Morgan fingerprint density at radius 3 is 2.64 bits per heavy atom. The molecule has 0 bridgehead atoms. The zero-order valence-corrected chi connectivity index (χ0v) is 8.40. The van der Waals surface area contributed by atoms with E-state index in [1.54, 1.807) is 7.11 Å². The van der Waals surface area contributed by atoms with Gasteiger partial charge in [0.2, 0.25) is 5.88 Å². The summed E-state index contributed by atoms with van der Waals surface area (Å²) in [6.07, 6.45) is 0. The van der Waals surface area contributed by atoms with Gasteiger partial charge in [0, 0.05) is 10.0 Å².